The molecule has 1 aromatic heterocycles. The lowest BCUT2D eigenvalue weighted by Gasteiger charge is -2.30. The van der Waals surface area contributed by atoms with E-state index in [1.807, 2.05) is 85.9 Å². The molecule has 226 valence electrons. The first kappa shape index (κ1) is 29.9. The third-order valence-electron chi connectivity index (χ3n) is 8.39. The van der Waals surface area contributed by atoms with Gasteiger partial charge in [0.25, 0.3) is 5.91 Å². The Morgan fingerprint density at radius 3 is 2.73 bits per heavy atom. The van der Waals surface area contributed by atoms with Crippen LogP contribution in [0.2, 0.25) is 0 Å². The molecule has 2 amide bonds. The van der Waals surface area contributed by atoms with Gasteiger partial charge in [0.1, 0.15) is 0 Å². The van der Waals surface area contributed by atoms with Crippen LogP contribution in [0.25, 0.3) is 0 Å². The highest BCUT2D eigenvalue weighted by Crippen LogP contribution is 2.47. The summed E-state index contributed by atoms with van der Waals surface area (Å²) < 4.78 is 2.49. The van der Waals surface area contributed by atoms with Crippen LogP contribution < -0.4 is 9.80 Å². The molecule has 44 heavy (non-hydrogen) atoms. The Bertz CT molecular complexity index is 1740. The van der Waals surface area contributed by atoms with Crippen molar-refractivity contribution in [2.75, 3.05) is 16.4 Å². The van der Waals surface area contributed by atoms with Gasteiger partial charge in [-0.25, -0.2) is 0 Å². The Balaban J connectivity index is 1.23. The van der Waals surface area contributed by atoms with Crippen molar-refractivity contribution in [3.63, 3.8) is 0 Å². The minimum atomic E-state index is -1.75. The number of aromatic nitrogens is 3. The number of aryl methyl sites for hydroxylation is 2. The van der Waals surface area contributed by atoms with Crippen LogP contribution in [0, 0.1) is 5.92 Å². The van der Waals surface area contributed by atoms with E-state index in [9.17, 15) is 14.7 Å². The predicted molar refractivity (Wildman–Crippen MR) is 171 cm³/mol. The van der Waals surface area contributed by atoms with Gasteiger partial charge in [-0.1, -0.05) is 70.6 Å². The average Bonchev–Trinajstić information content (AvgIpc) is 3.56. The summed E-state index contributed by atoms with van der Waals surface area (Å²) in [5.74, 6) is -0.863. The molecule has 0 saturated carbocycles. The Morgan fingerprint density at radius 1 is 1.05 bits per heavy atom. The number of benzene rings is 3. The molecule has 9 nitrogen and oxygen atoms in total. The van der Waals surface area contributed by atoms with E-state index in [2.05, 4.69) is 32.3 Å². The predicted octanol–water partition coefficient (Wildman–Crippen LogP) is 5.20. The van der Waals surface area contributed by atoms with E-state index in [-0.39, 0.29) is 19.1 Å². The highest BCUT2D eigenvalue weighted by atomic mass is 79.9. The highest BCUT2D eigenvalue weighted by molar-refractivity contribution is 9.10. The number of halogens is 1. The molecule has 0 radical (unpaired) electrons. The molecule has 6 rings (SSSR count). The zero-order valence-corrected chi connectivity index (χ0v) is 26.0. The zero-order chi connectivity index (χ0) is 30.8. The number of amides is 2. The van der Waals surface area contributed by atoms with Crippen LogP contribution >= 0.6 is 15.9 Å². The Kier molecular flexibility index (Phi) is 8.48. The topological polar surface area (TPSA) is 112 Å². The van der Waals surface area contributed by atoms with Gasteiger partial charge >= 0.3 is 0 Å². The van der Waals surface area contributed by atoms with Gasteiger partial charge < -0.3 is 15.1 Å². The van der Waals surface area contributed by atoms with E-state index in [0.717, 1.165) is 39.1 Å². The molecule has 3 aromatic carbocycles. The lowest BCUT2D eigenvalue weighted by molar-refractivity contribution is -0.139. The third-order valence-corrected chi connectivity index (χ3v) is 8.89. The molecule has 2 atom stereocenters. The van der Waals surface area contributed by atoms with Crippen molar-refractivity contribution >= 4 is 44.8 Å². The van der Waals surface area contributed by atoms with E-state index in [1.165, 1.54) is 0 Å². The number of allylic oxidation sites excluding steroid dienone is 1. The first-order valence-corrected chi connectivity index (χ1v) is 15.6. The second-order valence-electron chi connectivity index (χ2n) is 11.3. The number of carbonyl (C=O) groups is 2. The minimum absolute atomic E-state index is 0.0232. The van der Waals surface area contributed by atoms with Gasteiger partial charge in [0, 0.05) is 53.8 Å². The van der Waals surface area contributed by atoms with Crippen molar-refractivity contribution in [2.45, 2.75) is 51.3 Å². The van der Waals surface area contributed by atoms with Gasteiger partial charge in [-0.15, -0.1) is 5.10 Å². The fraction of sp³-hybridized carbons (Fsp3) is 0.294. The Labute approximate surface area is 264 Å². The van der Waals surface area contributed by atoms with Crippen LogP contribution in [-0.4, -0.2) is 43.6 Å². The summed E-state index contributed by atoms with van der Waals surface area (Å²) in [6.45, 7) is 2.70. The number of para-hydroxylation sites is 1. The molecule has 0 spiro atoms. The number of aliphatic hydroxyl groups is 2. The highest BCUT2D eigenvalue weighted by Gasteiger charge is 2.52. The van der Waals surface area contributed by atoms with Gasteiger partial charge in [0.05, 0.1) is 23.6 Å². The third kappa shape index (κ3) is 5.60. The van der Waals surface area contributed by atoms with Crippen molar-refractivity contribution in [3.8, 4) is 0 Å². The summed E-state index contributed by atoms with van der Waals surface area (Å²) >= 11 is 3.52. The van der Waals surface area contributed by atoms with E-state index in [1.54, 1.807) is 14.5 Å². The smallest absolute Gasteiger partial charge is 0.264 e. The number of hydrogen-bond donors (Lipinski definition) is 2. The van der Waals surface area contributed by atoms with Crippen LogP contribution in [0.15, 0.2) is 89.6 Å². The number of fused-ring (bicyclic) bond motifs is 2. The van der Waals surface area contributed by atoms with Crippen LogP contribution in [0.3, 0.4) is 0 Å². The summed E-state index contributed by atoms with van der Waals surface area (Å²) in [4.78, 5) is 30.5. The number of rotatable bonds is 10. The molecule has 2 aliphatic rings. The van der Waals surface area contributed by atoms with E-state index < -0.39 is 17.4 Å². The van der Waals surface area contributed by atoms with Crippen molar-refractivity contribution in [1.82, 2.24) is 15.0 Å². The largest absolute Gasteiger partial charge is 0.396 e. The van der Waals surface area contributed by atoms with Crippen molar-refractivity contribution in [3.05, 3.63) is 112 Å². The minimum Gasteiger partial charge on any atom is -0.396 e. The summed E-state index contributed by atoms with van der Waals surface area (Å²) in [7, 11) is 0. The fourth-order valence-electron chi connectivity index (χ4n) is 6.09. The Hall–Kier alpha value is -4.12. The summed E-state index contributed by atoms with van der Waals surface area (Å²) in [6, 6.07) is 21.2. The van der Waals surface area contributed by atoms with E-state index >= 15 is 0 Å². The maximum absolute atomic E-state index is 14.1. The molecule has 0 aliphatic carbocycles. The van der Waals surface area contributed by atoms with Gasteiger partial charge in [-0.05, 0) is 60.4 Å². The first-order chi connectivity index (χ1) is 21.3. The van der Waals surface area contributed by atoms with E-state index in [4.69, 9.17) is 5.11 Å². The van der Waals surface area contributed by atoms with Gasteiger partial charge in [-0.2, -0.15) is 0 Å². The van der Waals surface area contributed by atoms with Crippen LogP contribution in [0.1, 0.15) is 42.1 Å². The lowest BCUT2D eigenvalue weighted by atomic mass is 9.83. The second kappa shape index (κ2) is 12.5. The monoisotopic (exact) mass is 655 g/mol. The molecule has 2 N–H and O–H groups in total. The molecule has 4 aromatic rings. The molecule has 0 saturated heterocycles. The molecule has 3 heterocycles. The normalized spacial score (nSPS) is 18.6. The molecular weight excluding hydrogens is 622 g/mol. The first-order valence-electron chi connectivity index (χ1n) is 14.8. The van der Waals surface area contributed by atoms with Crippen molar-refractivity contribution in [2.24, 2.45) is 5.92 Å². The van der Waals surface area contributed by atoms with Crippen LogP contribution in [0.5, 0.6) is 0 Å². The SMILES string of the molecule is C[C@@H](/C=C/CCn1cc(CCO)nn1)[C@]1(O)C(=O)N(Cc2cccc(N3C(=O)CCc4ccccc43)c2)c2ccc(Br)cc21. The lowest BCUT2D eigenvalue weighted by Crippen LogP contribution is -2.44. The number of anilines is 3. The van der Waals surface area contributed by atoms with Gasteiger partial charge in [0.15, 0.2) is 5.60 Å². The maximum atomic E-state index is 14.1. The van der Waals surface area contributed by atoms with E-state index in [0.29, 0.717) is 37.1 Å². The van der Waals surface area contributed by atoms with Crippen LogP contribution in [0.4, 0.5) is 17.1 Å². The van der Waals surface area contributed by atoms with Gasteiger partial charge in [0.2, 0.25) is 5.91 Å². The standard InChI is InChI=1S/C34H34BrN5O4/c1-23(7-4-5-17-38-22-27(16-18-41)36-37-38)34(44)29-20-26(35)13-14-31(29)39(33(34)43)21-24-8-6-10-28(19-24)40-30-11-3-2-9-25(30)12-15-32(40)42/h2-4,6-11,13-14,19-20,22-23,41,44H,5,12,15-18,21H2,1H3/b7-4+/t23-,34+/m0/s1. The molecule has 0 unspecified atom stereocenters. The quantitative estimate of drug-likeness (QED) is 0.227. The number of hydrogen-bond acceptors (Lipinski definition) is 6. The summed E-state index contributed by atoms with van der Waals surface area (Å²) in [5, 5.41) is 29.3. The number of nitrogens with zero attached hydrogens (tertiary/aromatic N) is 5. The maximum Gasteiger partial charge on any atom is 0.264 e. The fourth-order valence-corrected chi connectivity index (χ4v) is 6.45. The molecule has 0 bridgehead atoms. The molecular formula is C34H34BrN5O4. The second-order valence-corrected chi connectivity index (χ2v) is 12.2. The molecule has 10 heteroatoms. The molecule has 0 fully saturated rings. The number of aliphatic hydroxyl groups excluding tert-OH is 1. The van der Waals surface area contributed by atoms with Crippen molar-refractivity contribution in [1.29, 1.82) is 0 Å². The van der Waals surface area contributed by atoms with Crippen molar-refractivity contribution < 1.29 is 19.8 Å². The summed E-state index contributed by atoms with van der Waals surface area (Å²) in [6.07, 6.45) is 7.88. The Morgan fingerprint density at radius 2 is 1.89 bits per heavy atom. The molecule has 2 aliphatic heterocycles. The average molecular weight is 657 g/mol. The van der Waals surface area contributed by atoms with Gasteiger partial charge in [-0.3, -0.25) is 19.2 Å². The number of carbonyl (C=O) groups excluding carboxylic acids is 2. The van der Waals surface area contributed by atoms with Crippen LogP contribution in [-0.2, 0) is 41.1 Å². The zero-order valence-electron chi connectivity index (χ0n) is 24.4. The summed E-state index contributed by atoms with van der Waals surface area (Å²) in [5.41, 5.74) is 3.81.